The highest BCUT2D eigenvalue weighted by molar-refractivity contribution is 5.27. The minimum atomic E-state index is -0.549. The van der Waals surface area contributed by atoms with E-state index in [0.29, 0.717) is 6.42 Å². The van der Waals surface area contributed by atoms with E-state index in [1.165, 1.54) is 0 Å². The molecule has 0 radical (unpaired) electrons. The molecule has 0 saturated carbocycles. The van der Waals surface area contributed by atoms with Gasteiger partial charge >= 0.3 is 0 Å². The molecule has 0 spiro atoms. The highest BCUT2D eigenvalue weighted by atomic mass is 16.3. The Morgan fingerprint density at radius 1 is 1.37 bits per heavy atom. The molecule has 5 heteroatoms. The molecule has 0 aliphatic rings. The molecular formula is C14H22N4O. The van der Waals surface area contributed by atoms with Crippen LogP contribution in [0.2, 0.25) is 0 Å². The largest absolute Gasteiger partial charge is 0.388 e. The summed E-state index contributed by atoms with van der Waals surface area (Å²) in [6.07, 6.45) is 4.80. The number of aryl methyl sites for hydroxylation is 3. The molecule has 19 heavy (non-hydrogen) atoms. The summed E-state index contributed by atoms with van der Waals surface area (Å²) >= 11 is 0. The zero-order chi connectivity index (χ0) is 14.0. The molecule has 0 aromatic carbocycles. The lowest BCUT2D eigenvalue weighted by Crippen LogP contribution is -2.10. The molecule has 1 N–H and O–H groups in total. The number of rotatable bonds is 5. The van der Waals surface area contributed by atoms with Gasteiger partial charge in [0.25, 0.3) is 0 Å². The Morgan fingerprint density at radius 2 is 2.11 bits per heavy atom. The lowest BCUT2D eigenvalue weighted by molar-refractivity contribution is 0.173. The van der Waals surface area contributed by atoms with E-state index in [9.17, 15) is 5.11 Å². The third kappa shape index (κ3) is 2.71. The Hall–Kier alpha value is -1.62. The molecule has 0 aliphatic carbocycles. The van der Waals surface area contributed by atoms with Crippen LogP contribution < -0.4 is 0 Å². The molecule has 104 valence electrons. The second-order valence-corrected chi connectivity index (χ2v) is 4.96. The molecule has 2 aromatic rings. The summed E-state index contributed by atoms with van der Waals surface area (Å²) in [6, 6.07) is 0. The Labute approximate surface area is 113 Å². The van der Waals surface area contributed by atoms with Crippen molar-refractivity contribution in [3.05, 3.63) is 35.2 Å². The first-order valence-electron chi connectivity index (χ1n) is 6.72. The van der Waals surface area contributed by atoms with Crippen molar-refractivity contribution in [2.24, 2.45) is 7.05 Å². The normalized spacial score (nSPS) is 12.9. The number of aliphatic hydroxyl groups is 1. The zero-order valence-corrected chi connectivity index (χ0v) is 12.1. The first-order valence-corrected chi connectivity index (χ1v) is 6.72. The summed E-state index contributed by atoms with van der Waals surface area (Å²) in [4.78, 5) is 4.34. The Morgan fingerprint density at radius 3 is 2.68 bits per heavy atom. The summed E-state index contributed by atoms with van der Waals surface area (Å²) in [5, 5.41) is 14.8. The van der Waals surface area contributed by atoms with Crippen LogP contribution >= 0.6 is 0 Å². The number of aliphatic hydroxyl groups excluding tert-OH is 1. The number of aromatic nitrogens is 4. The van der Waals surface area contributed by atoms with E-state index >= 15 is 0 Å². The van der Waals surface area contributed by atoms with Gasteiger partial charge in [-0.1, -0.05) is 6.92 Å². The molecule has 1 unspecified atom stereocenters. The minimum Gasteiger partial charge on any atom is -0.388 e. The lowest BCUT2D eigenvalue weighted by atomic mass is 10.0. The number of imidazole rings is 1. The van der Waals surface area contributed by atoms with Crippen molar-refractivity contribution in [2.45, 2.75) is 46.3 Å². The maximum absolute atomic E-state index is 10.5. The van der Waals surface area contributed by atoms with Crippen molar-refractivity contribution in [2.75, 3.05) is 0 Å². The van der Waals surface area contributed by atoms with Crippen LogP contribution in [-0.2, 0) is 20.0 Å². The van der Waals surface area contributed by atoms with Crippen LogP contribution in [0.15, 0.2) is 12.4 Å². The van der Waals surface area contributed by atoms with Crippen molar-refractivity contribution in [3.63, 3.8) is 0 Å². The molecule has 1 atom stereocenters. The van der Waals surface area contributed by atoms with Gasteiger partial charge in [-0.3, -0.25) is 4.68 Å². The van der Waals surface area contributed by atoms with Gasteiger partial charge < -0.3 is 9.67 Å². The molecule has 0 amide bonds. The highest BCUT2D eigenvalue weighted by Gasteiger charge is 2.20. The third-order valence-corrected chi connectivity index (χ3v) is 3.54. The molecule has 0 fully saturated rings. The van der Waals surface area contributed by atoms with Gasteiger partial charge in [0.15, 0.2) is 0 Å². The van der Waals surface area contributed by atoms with Crippen molar-refractivity contribution in [1.82, 2.24) is 19.3 Å². The van der Waals surface area contributed by atoms with Crippen LogP contribution in [0.1, 0.15) is 42.2 Å². The van der Waals surface area contributed by atoms with Crippen LogP contribution in [0, 0.1) is 13.8 Å². The van der Waals surface area contributed by atoms with Crippen molar-refractivity contribution >= 4 is 0 Å². The van der Waals surface area contributed by atoms with Crippen LogP contribution in [0.5, 0.6) is 0 Å². The molecule has 2 heterocycles. The molecule has 2 rings (SSSR count). The van der Waals surface area contributed by atoms with E-state index in [1.807, 2.05) is 31.8 Å². The Balaban J connectivity index is 2.20. The molecule has 5 nitrogen and oxygen atoms in total. The smallest absolute Gasteiger partial charge is 0.111 e. The van der Waals surface area contributed by atoms with Gasteiger partial charge in [-0.2, -0.15) is 5.10 Å². The predicted molar refractivity (Wildman–Crippen MR) is 73.9 cm³/mol. The van der Waals surface area contributed by atoms with Gasteiger partial charge in [-0.25, -0.2) is 4.98 Å². The van der Waals surface area contributed by atoms with Gasteiger partial charge in [-0.05, 0) is 20.3 Å². The number of hydrogen-bond acceptors (Lipinski definition) is 3. The average Bonchev–Trinajstić information content (AvgIpc) is 2.86. The van der Waals surface area contributed by atoms with Crippen molar-refractivity contribution in [3.8, 4) is 0 Å². The van der Waals surface area contributed by atoms with E-state index in [-0.39, 0.29) is 0 Å². The fourth-order valence-electron chi connectivity index (χ4n) is 2.52. The van der Waals surface area contributed by atoms with E-state index in [0.717, 1.165) is 35.7 Å². The molecule has 2 aromatic heterocycles. The fraction of sp³-hybridized carbons (Fsp3) is 0.571. The monoisotopic (exact) mass is 262 g/mol. The standard InChI is InChI=1S/C14H22N4O/c1-5-7-18-8-6-15-13(18)9-12(19)14-10(2)16-17(4)11(14)3/h6,8,12,19H,5,7,9H2,1-4H3. The summed E-state index contributed by atoms with van der Waals surface area (Å²) in [5.41, 5.74) is 2.83. The average molecular weight is 262 g/mol. The van der Waals surface area contributed by atoms with E-state index in [1.54, 1.807) is 6.20 Å². The Bertz CT molecular complexity index is 556. The first kappa shape index (κ1) is 13.8. The predicted octanol–water partition coefficient (Wildman–Crippen LogP) is 1.92. The fourth-order valence-corrected chi connectivity index (χ4v) is 2.52. The molecule has 0 aliphatic heterocycles. The quantitative estimate of drug-likeness (QED) is 0.895. The van der Waals surface area contributed by atoms with E-state index < -0.39 is 6.10 Å². The summed E-state index contributed by atoms with van der Waals surface area (Å²) in [7, 11) is 1.90. The summed E-state index contributed by atoms with van der Waals surface area (Å²) in [5.74, 6) is 0.928. The second kappa shape index (κ2) is 5.57. The number of hydrogen-bond donors (Lipinski definition) is 1. The number of nitrogens with zero attached hydrogens (tertiary/aromatic N) is 4. The van der Waals surface area contributed by atoms with Gasteiger partial charge in [-0.15, -0.1) is 0 Å². The van der Waals surface area contributed by atoms with E-state index in [4.69, 9.17) is 0 Å². The Kier molecular flexibility index (Phi) is 4.04. The van der Waals surface area contributed by atoms with Gasteiger partial charge in [0.2, 0.25) is 0 Å². The van der Waals surface area contributed by atoms with E-state index in [2.05, 4.69) is 21.6 Å². The molecular weight excluding hydrogens is 240 g/mol. The summed E-state index contributed by atoms with van der Waals surface area (Å²) < 4.78 is 3.91. The van der Waals surface area contributed by atoms with Crippen LogP contribution in [0.25, 0.3) is 0 Å². The minimum absolute atomic E-state index is 0.528. The second-order valence-electron chi connectivity index (χ2n) is 4.96. The zero-order valence-electron chi connectivity index (χ0n) is 12.1. The topological polar surface area (TPSA) is 55.9 Å². The maximum Gasteiger partial charge on any atom is 0.111 e. The van der Waals surface area contributed by atoms with Crippen molar-refractivity contribution < 1.29 is 5.11 Å². The first-order chi connectivity index (χ1) is 9.04. The van der Waals surface area contributed by atoms with Gasteiger partial charge in [0.05, 0.1) is 11.8 Å². The van der Waals surface area contributed by atoms with Crippen LogP contribution in [0.3, 0.4) is 0 Å². The highest BCUT2D eigenvalue weighted by Crippen LogP contribution is 2.24. The SMILES string of the molecule is CCCn1ccnc1CC(O)c1c(C)nn(C)c1C. The van der Waals surface area contributed by atoms with Crippen molar-refractivity contribution in [1.29, 1.82) is 0 Å². The molecule has 0 bridgehead atoms. The van der Waals surface area contributed by atoms with Gasteiger partial charge in [0.1, 0.15) is 5.82 Å². The third-order valence-electron chi connectivity index (χ3n) is 3.54. The lowest BCUT2D eigenvalue weighted by Gasteiger charge is -2.12. The molecule has 0 saturated heterocycles. The van der Waals surface area contributed by atoms with Crippen LogP contribution in [-0.4, -0.2) is 24.4 Å². The summed E-state index contributed by atoms with van der Waals surface area (Å²) in [6.45, 7) is 6.99. The maximum atomic E-state index is 10.5. The van der Waals surface area contributed by atoms with Gasteiger partial charge in [0, 0.05) is 43.7 Å². The van der Waals surface area contributed by atoms with Crippen LogP contribution in [0.4, 0.5) is 0 Å².